The normalized spacial score (nSPS) is 28.9. The first kappa shape index (κ1) is 37.7. The second-order valence-corrected chi connectivity index (χ2v) is 12.5. The van der Waals surface area contributed by atoms with E-state index in [1.54, 1.807) is 24.3 Å². The minimum Gasteiger partial charge on any atom is -0.508 e. The molecule has 3 aromatic carbocycles. The molecule has 0 bridgehead atoms. The van der Waals surface area contributed by atoms with Gasteiger partial charge in [-0.1, -0.05) is 12.1 Å². The van der Waals surface area contributed by atoms with Gasteiger partial charge in [-0.05, 0) is 55.0 Å². The van der Waals surface area contributed by atoms with Gasteiger partial charge in [-0.25, -0.2) is 4.79 Å². The van der Waals surface area contributed by atoms with E-state index in [-0.39, 0.29) is 28.2 Å². The number of ether oxygens (including phenoxy) is 6. The van der Waals surface area contributed by atoms with E-state index in [0.29, 0.717) is 16.9 Å². The SMILES string of the molecule is COc1ccc(-c2cc(=O)c3c(O)cc(O[C@@H]4O[C@H](CO[C@@H]5O[C@@H](C)[C@H](O)[C@@H](O)[C@H]5O)[C@H](OC(=O)/C=C/c5ccc(O)cc5)[C@H](O)[C@H]4O)cc3o2)cc1. The second-order valence-electron chi connectivity index (χ2n) is 12.5. The average Bonchev–Trinajstić information content (AvgIpc) is 3.14. The highest BCUT2D eigenvalue weighted by Crippen LogP contribution is 2.34. The Labute approximate surface area is 301 Å². The smallest absolute Gasteiger partial charge is 0.331 e. The number of phenols is 2. The fraction of sp³-hybridized carbons (Fsp3) is 0.351. The van der Waals surface area contributed by atoms with Crippen LogP contribution in [0.5, 0.6) is 23.0 Å². The van der Waals surface area contributed by atoms with Crippen molar-refractivity contribution in [3.05, 3.63) is 88.6 Å². The minimum absolute atomic E-state index is 0.0195. The van der Waals surface area contributed by atoms with E-state index in [2.05, 4.69) is 0 Å². The molecule has 2 saturated heterocycles. The number of fused-ring (bicyclic) bond motifs is 1. The molecular formula is C37H38O16. The van der Waals surface area contributed by atoms with Gasteiger partial charge in [0.1, 0.15) is 76.4 Å². The van der Waals surface area contributed by atoms with Gasteiger partial charge in [-0.3, -0.25) is 4.79 Å². The molecule has 16 heteroatoms. The van der Waals surface area contributed by atoms with Gasteiger partial charge < -0.3 is 68.6 Å². The molecule has 2 aliphatic heterocycles. The molecule has 1 aromatic heterocycles. The summed E-state index contributed by atoms with van der Waals surface area (Å²) in [7, 11) is 1.51. The van der Waals surface area contributed by atoms with E-state index in [1.165, 1.54) is 56.5 Å². The van der Waals surface area contributed by atoms with Crippen LogP contribution >= 0.6 is 0 Å². The quantitative estimate of drug-likeness (QED) is 0.0892. The zero-order chi connectivity index (χ0) is 38.0. The van der Waals surface area contributed by atoms with Crippen LogP contribution in [0.3, 0.4) is 0 Å². The number of aromatic hydroxyl groups is 2. The lowest BCUT2D eigenvalue weighted by Gasteiger charge is -2.43. The second kappa shape index (κ2) is 15.9. The van der Waals surface area contributed by atoms with Crippen LogP contribution in [0.15, 0.2) is 82.0 Å². The first-order valence-corrected chi connectivity index (χ1v) is 16.5. The van der Waals surface area contributed by atoms with Crippen LogP contribution in [0.1, 0.15) is 12.5 Å². The number of esters is 1. The molecule has 0 radical (unpaired) electrons. The first-order chi connectivity index (χ1) is 25.3. The molecule has 4 aromatic rings. The number of carbonyl (C=O) groups is 1. The lowest BCUT2D eigenvalue weighted by molar-refractivity contribution is -0.319. The summed E-state index contributed by atoms with van der Waals surface area (Å²) in [5.41, 5.74) is 0.451. The molecule has 2 fully saturated rings. The van der Waals surface area contributed by atoms with Gasteiger partial charge in [0.25, 0.3) is 0 Å². The number of aliphatic hydroxyl groups is 5. The fourth-order valence-corrected chi connectivity index (χ4v) is 5.89. The van der Waals surface area contributed by atoms with E-state index in [4.69, 9.17) is 32.8 Å². The summed E-state index contributed by atoms with van der Waals surface area (Å²) in [6, 6.07) is 16.2. The highest BCUT2D eigenvalue weighted by atomic mass is 16.7. The molecule has 282 valence electrons. The van der Waals surface area contributed by atoms with Crippen molar-refractivity contribution in [2.45, 2.75) is 68.3 Å². The van der Waals surface area contributed by atoms with Crippen molar-refractivity contribution in [1.82, 2.24) is 0 Å². The number of rotatable bonds is 10. The molecule has 10 atom stereocenters. The van der Waals surface area contributed by atoms with Gasteiger partial charge >= 0.3 is 5.97 Å². The third kappa shape index (κ3) is 8.30. The average molecular weight is 739 g/mol. The molecular weight excluding hydrogens is 700 g/mol. The Kier molecular flexibility index (Phi) is 11.3. The minimum atomic E-state index is -1.87. The Morgan fingerprint density at radius 2 is 1.51 bits per heavy atom. The molecule has 0 amide bonds. The topological polar surface area (TPSA) is 244 Å². The number of carbonyl (C=O) groups excluding carboxylic acids is 1. The van der Waals surface area contributed by atoms with Crippen molar-refractivity contribution in [3.63, 3.8) is 0 Å². The van der Waals surface area contributed by atoms with Gasteiger partial charge in [-0.2, -0.15) is 0 Å². The lowest BCUT2D eigenvalue weighted by Crippen LogP contribution is -2.62. The van der Waals surface area contributed by atoms with Crippen LogP contribution < -0.4 is 14.9 Å². The largest absolute Gasteiger partial charge is 0.508 e. The third-order valence-corrected chi connectivity index (χ3v) is 8.84. The van der Waals surface area contributed by atoms with Crippen molar-refractivity contribution < 1.29 is 73.4 Å². The lowest BCUT2D eigenvalue weighted by atomic mass is 9.98. The van der Waals surface area contributed by atoms with Crippen LogP contribution in [0, 0.1) is 0 Å². The van der Waals surface area contributed by atoms with Gasteiger partial charge in [0.2, 0.25) is 6.29 Å². The van der Waals surface area contributed by atoms with Crippen LogP contribution in [-0.4, -0.2) is 117 Å². The Morgan fingerprint density at radius 3 is 2.21 bits per heavy atom. The summed E-state index contributed by atoms with van der Waals surface area (Å²) in [5.74, 6) is -0.838. The van der Waals surface area contributed by atoms with Crippen molar-refractivity contribution in [2.24, 2.45) is 0 Å². The predicted molar refractivity (Wildman–Crippen MR) is 183 cm³/mol. The van der Waals surface area contributed by atoms with E-state index >= 15 is 0 Å². The van der Waals surface area contributed by atoms with Gasteiger partial charge in [0.05, 0.1) is 19.8 Å². The van der Waals surface area contributed by atoms with E-state index < -0.39 is 85.2 Å². The summed E-state index contributed by atoms with van der Waals surface area (Å²) in [6.45, 7) is 0.882. The molecule has 16 nitrogen and oxygen atoms in total. The highest BCUT2D eigenvalue weighted by Gasteiger charge is 2.49. The Hall–Kier alpha value is -5.04. The fourth-order valence-electron chi connectivity index (χ4n) is 5.89. The summed E-state index contributed by atoms with van der Waals surface area (Å²) < 4.78 is 39.5. The van der Waals surface area contributed by atoms with Gasteiger partial charge in [-0.15, -0.1) is 0 Å². The zero-order valence-electron chi connectivity index (χ0n) is 28.3. The van der Waals surface area contributed by atoms with Gasteiger partial charge in [0, 0.05) is 29.8 Å². The molecule has 7 N–H and O–H groups in total. The predicted octanol–water partition coefficient (Wildman–Crippen LogP) is 1.17. The Balaban J connectivity index is 1.25. The number of phenolic OH excluding ortho intramolecular Hbond substituents is 2. The Morgan fingerprint density at radius 1 is 0.811 bits per heavy atom. The van der Waals surface area contributed by atoms with Crippen molar-refractivity contribution in [3.8, 4) is 34.3 Å². The van der Waals surface area contributed by atoms with Crippen LogP contribution in [0.25, 0.3) is 28.4 Å². The number of methoxy groups -OCH3 is 1. The van der Waals surface area contributed by atoms with Crippen molar-refractivity contribution in [1.29, 1.82) is 0 Å². The number of hydrogen-bond donors (Lipinski definition) is 7. The first-order valence-electron chi connectivity index (χ1n) is 16.5. The van der Waals surface area contributed by atoms with Crippen molar-refractivity contribution in [2.75, 3.05) is 13.7 Å². The summed E-state index contributed by atoms with van der Waals surface area (Å²) >= 11 is 0. The van der Waals surface area contributed by atoms with E-state index in [1.807, 2.05) is 0 Å². The Bertz CT molecular complexity index is 1980. The summed E-state index contributed by atoms with van der Waals surface area (Å²) in [4.78, 5) is 25.9. The maximum atomic E-state index is 13.0. The molecule has 0 aliphatic carbocycles. The maximum Gasteiger partial charge on any atom is 0.331 e. The van der Waals surface area contributed by atoms with Crippen LogP contribution in [-0.2, 0) is 23.7 Å². The van der Waals surface area contributed by atoms with Crippen LogP contribution in [0.4, 0.5) is 0 Å². The summed E-state index contributed by atoms with van der Waals surface area (Å²) in [6.07, 6.45) is -13.1. The molecule has 6 rings (SSSR count). The summed E-state index contributed by atoms with van der Waals surface area (Å²) in [5, 5.41) is 73.2. The third-order valence-electron chi connectivity index (χ3n) is 8.84. The highest BCUT2D eigenvalue weighted by molar-refractivity contribution is 5.87. The number of hydrogen-bond acceptors (Lipinski definition) is 16. The number of aliphatic hydroxyl groups excluding tert-OH is 5. The molecule has 0 saturated carbocycles. The standard InChI is InChI=1S/C37H38O16/c1-17-30(42)31(43)33(45)36(49-17)48-16-27-35(53-28(41)12-5-18-3-8-20(38)9-4-18)32(44)34(46)37(52-27)50-22-13-23(39)29-24(40)15-25(51-26(29)14-22)19-6-10-21(47-2)11-7-19/h3-15,17,27,30-39,42-46H,16H2,1-2H3/b12-5+/t17-,27+,30-,31+,32+,33+,34+,35-,36+,37+/m0/s1. The molecule has 53 heavy (non-hydrogen) atoms. The van der Waals surface area contributed by atoms with E-state index in [9.17, 15) is 45.3 Å². The van der Waals surface area contributed by atoms with Gasteiger partial charge in [0.15, 0.2) is 17.8 Å². The zero-order valence-corrected chi connectivity index (χ0v) is 28.3. The monoisotopic (exact) mass is 738 g/mol. The molecule has 0 unspecified atom stereocenters. The van der Waals surface area contributed by atoms with E-state index in [0.717, 1.165) is 12.1 Å². The van der Waals surface area contributed by atoms with Crippen LogP contribution in [0.2, 0.25) is 0 Å². The van der Waals surface area contributed by atoms with Crippen molar-refractivity contribution >= 4 is 23.0 Å². The molecule has 0 spiro atoms. The maximum absolute atomic E-state index is 13.0. The number of benzene rings is 3. The molecule has 3 heterocycles. The molecule has 2 aliphatic rings.